The van der Waals surface area contributed by atoms with Crippen LogP contribution in [0.15, 0.2) is 42.5 Å². The number of carbonyl (C=O) groups excluding carboxylic acids is 1. The van der Waals surface area contributed by atoms with Crippen molar-refractivity contribution >= 4 is 32.6 Å². The summed E-state index contributed by atoms with van der Waals surface area (Å²) < 4.78 is 11.9. The van der Waals surface area contributed by atoms with Gasteiger partial charge in [0, 0.05) is 31.7 Å². The first-order valence-electron chi connectivity index (χ1n) is 9.39. The summed E-state index contributed by atoms with van der Waals surface area (Å²) in [6.45, 7) is 5.49. The van der Waals surface area contributed by atoms with E-state index in [4.69, 9.17) is 14.5 Å². The second-order valence-corrected chi connectivity index (χ2v) is 7.58. The summed E-state index contributed by atoms with van der Waals surface area (Å²) in [7, 11) is 1.67. The molecule has 7 heteroatoms. The Morgan fingerprint density at radius 2 is 1.79 bits per heavy atom. The van der Waals surface area contributed by atoms with Crippen molar-refractivity contribution in [2.45, 2.75) is 6.92 Å². The maximum absolute atomic E-state index is 12.8. The summed E-state index contributed by atoms with van der Waals surface area (Å²) in [6.07, 6.45) is 0. The Bertz CT molecular complexity index is 963. The third kappa shape index (κ3) is 3.75. The van der Waals surface area contributed by atoms with Crippen molar-refractivity contribution < 1.29 is 14.3 Å². The molecule has 2 heterocycles. The Morgan fingerprint density at radius 1 is 1.07 bits per heavy atom. The van der Waals surface area contributed by atoms with Gasteiger partial charge < -0.3 is 19.3 Å². The van der Waals surface area contributed by atoms with E-state index in [2.05, 4.69) is 4.90 Å². The van der Waals surface area contributed by atoms with E-state index >= 15 is 0 Å². The molecule has 0 unspecified atom stereocenters. The Balaban J connectivity index is 1.40. The number of hydrogen-bond acceptors (Lipinski definition) is 6. The van der Waals surface area contributed by atoms with Gasteiger partial charge in [-0.2, -0.15) is 0 Å². The van der Waals surface area contributed by atoms with Gasteiger partial charge >= 0.3 is 0 Å². The highest BCUT2D eigenvalue weighted by atomic mass is 32.1. The fourth-order valence-corrected chi connectivity index (χ4v) is 4.34. The van der Waals surface area contributed by atoms with E-state index < -0.39 is 0 Å². The van der Waals surface area contributed by atoms with Crippen LogP contribution in [0.25, 0.3) is 10.2 Å². The standard InChI is InChI=1S/C21H23N3O3S/c1-3-27-16-6-4-15(5-7-16)20(25)23-10-12-24(13-11-23)21-22-18-9-8-17(26-2)14-19(18)28-21/h4-9,14H,3,10-13H2,1-2H3. The fourth-order valence-electron chi connectivity index (χ4n) is 3.30. The number of amides is 1. The third-order valence-corrected chi connectivity index (χ3v) is 5.91. The second-order valence-electron chi connectivity index (χ2n) is 6.57. The summed E-state index contributed by atoms with van der Waals surface area (Å²) in [5.74, 6) is 1.70. The molecule has 0 aliphatic carbocycles. The molecule has 6 nitrogen and oxygen atoms in total. The monoisotopic (exact) mass is 397 g/mol. The summed E-state index contributed by atoms with van der Waals surface area (Å²) in [4.78, 5) is 21.7. The van der Waals surface area contributed by atoms with Crippen molar-refractivity contribution in [2.75, 3.05) is 44.8 Å². The molecular weight excluding hydrogens is 374 g/mol. The Labute approximate surface area is 168 Å². The van der Waals surface area contributed by atoms with Gasteiger partial charge in [-0.15, -0.1) is 0 Å². The molecule has 0 spiro atoms. The van der Waals surface area contributed by atoms with Crippen LogP contribution >= 0.6 is 11.3 Å². The average Bonchev–Trinajstić information content (AvgIpc) is 3.17. The zero-order valence-electron chi connectivity index (χ0n) is 16.1. The van der Waals surface area contributed by atoms with Crippen LogP contribution in [-0.2, 0) is 0 Å². The summed E-state index contributed by atoms with van der Waals surface area (Å²) in [5.41, 5.74) is 1.68. The first-order valence-corrected chi connectivity index (χ1v) is 10.2. The summed E-state index contributed by atoms with van der Waals surface area (Å²) >= 11 is 1.66. The largest absolute Gasteiger partial charge is 0.497 e. The van der Waals surface area contributed by atoms with E-state index in [9.17, 15) is 4.79 Å². The summed E-state index contributed by atoms with van der Waals surface area (Å²) in [5, 5.41) is 0.997. The molecule has 146 valence electrons. The topological polar surface area (TPSA) is 54.9 Å². The van der Waals surface area contributed by atoms with Gasteiger partial charge in [-0.3, -0.25) is 4.79 Å². The lowest BCUT2D eigenvalue weighted by Crippen LogP contribution is -2.48. The van der Waals surface area contributed by atoms with Crippen molar-refractivity contribution in [2.24, 2.45) is 0 Å². The number of hydrogen-bond donors (Lipinski definition) is 0. The van der Waals surface area contributed by atoms with Crippen molar-refractivity contribution in [1.29, 1.82) is 0 Å². The normalized spacial score (nSPS) is 14.4. The quantitative estimate of drug-likeness (QED) is 0.658. The number of ether oxygens (including phenoxy) is 2. The highest BCUT2D eigenvalue weighted by Gasteiger charge is 2.24. The van der Waals surface area contributed by atoms with Crippen LogP contribution in [0.2, 0.25) is 0 Å². The van der Waals surface area contributed by atoms with Gasteiger partial charge in [0.1, 0.15) is 11.5 Å². The van der Waals surface area contributed by atoms with Gasteiger partial charge in [0.2, 0.25) is 0 Å². The molecule has 28 heavy (non-hydrogen) atoms. The van der Waals surface area contributed by atoms with Crippen molar-refractivity contribution in [3.8, 4) is 11.5 Å². The Kier molecular flexibility index (Phi) is 5.34. The van der Waals surface area contributed by atoms with Crippen LogP contribution in [0.4, 0.5) is 5.13 Å². The van der Waals surface area contributed by atoms with Crippen molar-refractivity contribution in [3.05, 3.63) is 48.0 Å². The smallest absolute Gasteiger partial charge is 0.253 e. The van der Waals surface area contributed by atoms with Crippen molar-refractivity contribution in [1.82, 2.24) is 9.88 Å². The molecule has 1 aromatic heterocycles. The van der Waals surface area contributed by atoms with Gasteiger partial charge in [0.25, 0.3) is 5.91 Å². The minimum absolute atomic E-state index is 0.0664. The zero-order chi connectivity index (χ0) is 19.5. The minimum Gasteiger partial charge on any atom is -0.497 e. The SMILES string of the molecule is CCOc1ccc(C(=O)N2CCN(c3nc4ccc(OC)cc4s3)CC2)cc1. The van der Waals surface area contributed by atoms with Gasteiger partial charge in [-0.1, -0.05) is 11.3 Å². The van der Waals surface area contributed by atoms with Crippen LogP contribution in [0.1, 0.15) is 17.3 Å². The van der Waals surface area contributed by atoms with Gasteiger partial charge in [0.05, 0.1) is 23.9 Å². The van der Waals surface area contributed by atoms with Gasteiger partial charge in [0.15, 0.2) is 5.13 Å². The molecule has 0 radical (unpaired) electrons. The number of thiazole rings is 1. The van der Waals surface area contributed by atoms with E-state index in [0.29, 0.717) is 25.3 Å². The molecule has 1 aliphatic rings. The van der Waals surface area contributed by atoms with E-state index in [1.807, 2.05) is 54.3 Å². The number of benzene rings is 2. The minimum atomic E-state index is 0.0664. The lowest BCUT2D eigenvalue weighted by molar-refractivity contribution is 0.0746. The van der Waals surface area contributed by atoms with E-state index in [1.54, 1.807) is 18.4 Å². The van der Waals surface area contributed by atoms with Gasteiger partial charge in [-0.05, 0) is 49.4 Å². The number of fused-ring (bicyclic) bond motifs is 1. The lowest BCUT2D eigenvalue weighted by Gasteiger charge is -2.34. The maximum atomic E-state index is 12.8. The molecule has 0 saturated carbocycles. The average molecular weight is 398 g/mol. The number of rotatable bonds is 5. The molecule has 4 rings (SSSR count). The predicted molar refractivity (Wildman–Crippen MR) is 112 cm³/mol. The molecule has 1 amide bonds. The molecule has 1 aliphatic heterocycles. The number of anilines is 1. The fraction of sp³-hybridized carbons (Fsp3) is 0.333. The molecule has 0 N–H and O–H groups in total. The highest BCUT2D eigenvalue weighted by Crippen LogP contribution is 2.32. The second kappa shape index (κ2) is 8.06. The molecule has 1 fully saturated rings. The van der Waals surface area contributed by atoms with Crippen LogP contribution in [0, 0.1) is 0 Å². The molecule has 1 saturated heterocycles. The molecular formula is C21H23N3O3S. The van der Waals surface area contributed by atoms with E-state index in [0.717, 1.165) is 39.9 Å². The highest BCUT2D eigenvalue weighted by molar-refractivity contribution is 7.22. The number of nitrogens with zero attached hydrogens (tertiary/aromatic N) is 3. The Morgan fingerprint density at radius 3 is 2.46 bits per heavy atom. The van der Waals surface area contributed by atoms with E-state index in [-0.39, 0.29) is 5.91 Å². The number of aromatic nitrogens is 1. The lowest BCUT2D eigenvalue weighted by atomic mass is 10.1. The van der Waals surface area contributed by atoms with Crippen LogP contribution in [-0.4, -0.2) is 55.7 Å². The van der Waals surface area contributed by atoms with E-state index in [1.165, 1.54) is 0 Å². The third-order valence-electron chi connectivity index (χ3n) is 4.83. The first kappa shape index (κ1) is 18.6. The molecule has 2 aromatic carbocycles. The zero-order valence-corrected chi connectivity index (χ0v) is 16.9. The van der Waals surface area contributed by atoms with Crippen molar-refractivity contribution in [3.63, 3.8) is 0 Å². The number of carbonyl (C=O) groups is 1. The van der Waals surface area contributed by atoms with Crippen LogP contribution in [0.5, 0.6) is 11.5 Å². The number of methoxy groups -OCH3 is 1. The van der Waals surface area contributed by atoms with Crippen LogP contribution < -0.4 is 14.4 Å². The Hall–Kier alpha value is -2.80. The number of piperazine rings is 1. The molecule has 0 atom stereocenters. The maximum Gasteiger partial charge on any atom is 0.253 e. The predicted octanol–water partition coefficient (Wildman–Crippen LogP) is 3.67. The molecule has 0 bridgehead atoms. The van der Waals surface area contributed by atoms with Crippen LogP contribution in [0.3, 0.4) is 0 Å². The summed E-state index contributed by atoms with van der Waals surface area (Å²) in [6, 6.07) is 13.3. The first-order chi connectivity index (χ1) is 13.7. The molecule has 3 aromatic rings. The van der Waals surface area contributed by atoms with Gasteiger partial charge in [-0.25, -0.2) is 4.98 Å².